The summed E-state index contributed by atoms with van der Waals surface area (Å²) in [4.78, 5) is 113. The predicted octanol–water partition coefficient (Wildman–Crippen LogP) is 2.89. The van der Waals surface area contributed by atoms with E-state index in [-0.39, 0.29) is 43.6 Å². The number of nitrogens with two attached hydrogens (primary N) is 6. The van der Waals surface area contributed by atoms with E-state index in [2.05, 4.69) is 11.0 Å². The number of hydrogen-bond acceptors (Lipinski definition) is 24. The molecule has 14 N–H and O–H groups in total. The molecule has 81 heavy (non-hydrogen) atoms. The summed E-state index contributed by atoms with van der Waals surface area (Å²) in [6.07, 6.45) is -1.41. The van der Waals surface area contributed by atoms with Crippen molar-refractivity contribution < 1.29 is 76.5 Å². The Morgan fingerprint density at radius 2 is 0.790 bits per heavy atom. The van der Waals surface area contributed by atoms with Crippen molar-refractivity contribution in [2.75, 3.05) is 38.4 Å². The number of Topliss-reactive ketones (excluding diaryl/α,β-unsaturated/α-hetero) is 2. The Balaban J connectivity index is 0.839. The zero-order valence-electron chi connectivity index (χ0n) is 44.4. The van der Waals surface area contributed by atoms with E-state index in [0.29, 0.717) is 34.0 Å². The number of ketones is 2. The average Bonchev–Trinajstić information content (AvgIpc) is 3.53. The van der Waals surface area contributed by atoms with Gasteiger partial charge < -0.3 is 72.5 Å². The number of ether oxygens (including phenoxy) is 6. The minimum Gasteiger partial charge on any atom is -0.496 e. The summed E-state index contributed by atoms with van der Waals surface area (Å²) in [6.45, 7) is -1.30. The van der Waals surface area contributed by atoms with Gasteiger partial charge in [0.05, 0.1) is 25.6 Å². The second-order valence-corrected chi connectivity index (χ2v) is 18.5. The largest absolute Gasteiger partial charge is 0.496 e. The molecule has 6 atom stereocenters. The van der Waals surface area contributed by atoms with Crippen molar-refractivity contribution >= 4 is 80.3 Å². The number of rotatable bonds is 30. The maximum absolute atomic E-state index is 12.9. The van der Waals surface area contributed by atoms with Gasteiger partial charge in [0.2, 0.25) is 0 Å². The number of para-hydroxylation sites is 2. The molecule has 0 spiro atoms. The first-order valence-electron chi connectivity index (χ1n) is 25.4. The zero-order valence-corrected chi connectivity index (χ0v) is 44.4. The molecular weight excluding hydrogens is 1050 g/mol. The van der Waals surface area contributed by atoms with Crippen molar-refractivity contribution in [3.05, 3.63) is 132 Å². The fraction of sp³-hybridized carbons (Fsp3) is 0.298. The predicted molar refractivity (Wildman–Crippen MR) is 295 cm³/mol. The summed E-state index contributed by atoms with van der Waals surface area (Å²) < 4.78 is 32.0. The van der Waals surface area contributed by atoms with Gasteiger partial charge in [0.25, 0.3) is 0 Å². The molecule has 6 aromatic carbocycles. The molecule has 428 valence electrons. The van der Waals surface area contributed by atoms with Gasteiger partial charge in [-0.1, -0.05) is 84.9 Å². The van der Waals surface area contributed by atoms with Crippen LogP contribution >= 0.6 is 0 Å². The van der Waals surface area contributed by atoms with E-state index in [1.54, 1.807) is 60.7 Å². The van der Waals surface area contributed by atoms with Gasteiger partial charge in [0, 0.05) is 61.4 Å². The lowest BCUT2D eigenvalue weighted by atomic mass is 10.0. The highest BCUT2D eigenvalue weighted by atomic mass is 16.7. The molecule has 0 amide bonds. The van der Waals surface area contributed by atoms with E-state index in [0.717, 1.165) is 21.5 Å². The van der Waals surface area contributed by atoms with Gasteiger partial charge in [0.1, 0.15) is 84.0 Å². The van der Waals surface area contributed by atoms with Gasteiger partial charge >= 0.3 is 35.8 Å². The Bertz CT molecular complexity index is 3020. The number of esters is 4. The molecule has 0 aromatic heterocycles. The Kier molecular flexibility index (Phi) is 22.5. The van der Waals surface area contributed by atoms with E-state index in [4.69, 9.17) is 72.5 Å². The third-order valence-electron chi connectivity index (χ3n) is 12.3. The molecule has 24 heteroatoms. The van der Waals surface area contributed by atoms with Gasteiger partial charge in [0.15, 0.2) is 0 Å². The first-order chi connectivity index (χ1) is 38.8. The van der Waals surface area contributed by atoms with Crippen molar-refractivity contribution in [1.82, 2.24) is 0 Å². The van der Waals surface area contributed by atoms with E-state index in [1.165, 1.54) is 26.4 Å². The first-order valence-corrected chi connectivity index (χ1v) is 25.4. The summed E-state index contributed by atoms with van der Waals surface area (Å²) in [5.41, 5.74) is 42.8. The van der Waals surface area contributed by atoms with Crippen LogP contribution in [0.25, 0.3) is 21.5 Å². The lowest BCUT2D eigenvalue weighted by molar-refractivity contribution is -0.150. The minimum atomic E-state index is -1.47. The normalized spacial score (nSPS) is 13.2. The van der Waals surface area contributed by atoms with Crippen molar-refractivity contribution in [2.24, 2.45) is 34.4 Å². The summed E-state index contributed by atoms with van der Waals surface area (Å²) in [5.74, 6) is -5.42. The fourth-order valence-corrected chi connectivity index (χ4v) is 7.97. The van der Waals surface area contributed by atoms with Crippen LogP contribution in [0.5, 0.6) is 23.0 Å². The smallest absolute Gasteiger partial charge is 0.348 e. The number of carbonyl (C=O) groups excluding carboxylic acids is 8. The van der Waals surface area contributed by atoms with Gasteiger partial charge in [-0.3, -0.25) is 19.2 Å². The summed E-state index contributed by atoms with van der Waals surface area (Å²) in [6, 6.07) is 26.2. The topological polar surface area (TPSA) is 391 Å². The molecule has 0 bridgehead atoms. The van der Waals surface area contributed by atoms with E-state index >= 15 is 0 Å². The van der Waals surface area contributed by atoms with Gasteiger partial charge in [-0.15, -0.1) is 0 Å². The molecule has 0 radical (unpaired) electrons. The molecule has 0 aliphatic carbocycles. The Morgan fingerprint density at radius 3 is 1.19 bits per heavy atom. The third kappa shape index (κ3) is 18.0. The average molecular weight is 1120 g/mol. The van der Waals surface area contributed by atoms with E-state index in [1.807, 2.05) is 48.5 Å². The molecule has 6 unspecified atom stereocenters. The van der Waals surface area contributed by atoms with Crippen LogP contribution in [-0.4, -0.2) is 111 Å². The van der Waals surface area contributed by atoms with Crippen molar-refractivity contribution in [3.63, 3.8) is 0 Å². The standard InChI is InChI=1S/C57H64N8O16/c1-74-50-26-36(22-32-12-3-7-18-40(32)50)64-80-56(72)42(58)24-34-14-5-9-20-48(34)78-54(70)46(62)30-76-52(68)44(60)28-38(66)16-11-17-39(67)29-45(61)53(69)77-31-47(63)55(71)79-49-21-10-6-15-35(49)25-43(59)57(73)81-65-37-23-33-13-4-8-19-41(33)51(27-37)75-2/h3-10,12-15,18-23,26-27,42-47,64-65H,11,16-17,24-25,28-31,58-63H2,1-2H3. The molecule has 0 saturated heterocycles. The van der Waals surface area contributed by atoms with Gasteiger partial charge in [-0.25, -0.2) is 30.1 Å². The van der Waals surface area contributed by atoms with Crippen LogP contribution in [-0.2, 0) is 70.3 Å². The molecule has 24 nitrogen and oxygen atoms in total. The van der Waals surface area contributed by atoms with E-state index in [9.17, 15) is 38.4 Å². The second-order valence-electron chi connectivity index (χ2n) is 18.5. The van der Waals surface area contributed by atoms with Crippen LogP contribution in [0.2, 0.25) is 0 Å². The van der Waals surface area contributed by atoms with Crippen molar-refractivity contribution in [3.8, 4) is 23.0 Å². The third-order valence-corrected chi connectivity index (χ3v) is 12.3. The number of methoxy groups -OCH3 is 2. The van der Waals surface area contributed by atoms with Crippen LogP contribution in [0.1, 0.15) is 43.2 Å². The number of fused-ring (bicyclic) bond motifs is 2. The van der Waals surface area contributed by atoms with Gasteiger partial charge in [-0.2, -0.15) is 0 Å². The molecule has 0 aliphatic rings. The highest BCUT2D eigenvalue weighted by molar-refractivity contribution is 5.93. The molecule has 6 aromatic rings. The highest BCUT2D eigenvalue weighted by Crippen LogP contribution is 2.31. The SMILES string of the molecule is COc1cc(NOC(=O)C(N)Cc2ccccc2OC(=O)C(N)COC(=O)C(N)CC(=O)CCCC(=O)CC(N)C(=O)OCC(N)C(=O)Oc2ccccc2CC(N)C(=O)ONc2cc(OC)c3ccccc3c2)cc2ccccc12. The van der Waals surface area contributed by atoms with Crippen LogP contribution in [0, 0.1) is 0 Å². The molecule has 0 aliphatic heterocycles. The molecule has 0 heterocycles. The summed E-state index contributed by atoms with van der Waals surface area (Å²) >= 11 is 0. The lowest BCUT2D eigenvalue weighted by Gasteiger charge is -2.17. The Hall–Kier alpha value is -9.04. The van der Waals surface area contributed by atoms with Crippen LogP contribution in [0.3, 0.4) is 0 Å². The molecule has 0 saturated carbocycles. The van der Waals surface area contributed by atoms with Gasteiger partial charge in [-0.05, 0) is 52.6 Å². The summed E-state index contributed by atoms with van der Waals surface area (Å²) in [5, 5.41) is 3.41. The maximum Gasteiger partial charge on any atom is 0.348 e. The number of anilines is 2. The fourth-order valence-electron chi connectivity index (χ4n) is 7.97. The van der Waals surface area contributed by atoms with Crippen LogP contribution < -0.4 is 64.3 Å². The highest BCUT2D eigenvalue weighted by Gasteiger charge is 2.28. The monoisotopic (exact) mass is 1120 g/mol. The number of carbonyl (C=O) groups is 8. The second kappa shape index (κ2) is 29.8. The van der Waals surface area contributed by atoms with Crippen LogP contribution in [0.15, 0.2) is 121 Å². The molecule has 0 fully saturated rings. The minimum absolute atomic E-state index is 0.0332. The lowest BCUT2D eigenvalue weighted by Crippen LogP contribution is -2.42. The first kappa shape index (κ1) is 61.2. The number of benzene rings is 6. The molecule has 6 rings (SSSR count). The zero-order chi connectivity index (χ0) is 58.6. The number of nitrogens with one attached hydrogen (secondary N) is 2. The summed E-state index contributed by atoms with van der Waals surface area (Å²) in [7, 11) is 3.04. The quantitative estimate of drug-likeness (QED) is 0.0139. The Morgan fingerprint density at radius 1 is 0.420 bits per heavy atom. The van der Waals surface area contributed by atoms with E-state index < -0.39 is 110 Å². The van der Waals surface area contributed by atoms with Crippen LogP contribution in [0.4, 0.5) is 11.4 Å². The molecular formula is C57H64N8O16. The van der Waals surface area contributed by atoms with Crippen molar-refractivity contribution in [1.29, 1.82) is 0 Å². The van der Waals surface area contributed by atoms with Crippen molar-refractivity contribution in [2.45, 2.75) is 81.2 Å². The number of hydrogen-bond donors (Lipinski definition) is 8. The maximum atomic E-state index is 12.9. The Labute approximate surface area is 464 Å².